The first-order chi connectivity index (χ1) is 13.3. The molecular formula is C19H23ClN4O3S. The zero-order valence-corrected chi connectivity index (χ0v) is 17.2. The van der Waals surface area contributed by atoms with Gasteiger partial charge in [-0.05, 0) is 29.8 Å². The third kappa shape index (κ3) is 4.53. The number of rotatable bonds is 6. The lowest BCUT2D eigenvalue weighted by Gasteiger charge is -2.26. The summed E-state index contributed by atoms with van der Waals surface area (Å²) in [5, 5.41) is 0.449. The predicted octanol–water partition coefficient (Wildman–Crippen LogP) is 1.98. The SMILES string of the molecule is CN(C(=O)CN(C)S(=O)(=O)c1ccc(Cl)cc1)C1CC(c2ccccc2)NN1. The Morgan fingerprint density at radius 1 is 1.07 bits per heavy atom. The molecule has 28 heavy (non-hydrogen) atoms. The van der Waals surface area contributed by atoms with Crippen molar-refractivity contribution in [3.8, 4) is 0 Å². The van der Waals surface area contributed by atoms with Crippen molar-refractivity contribution in [2.45, 2.75) is 23.5 Å². The van der Waals surface area contributed by atoms with E-state index < -0.39 is 10.0 Å². The summed E-state index contributed by atoms with van der Waals surface area (Å²) in [7, 11) is -0.714. The van der Waals surface area contributed by atoms with Crippen molar-refractivity contribution in [1.29, 1.82) is 0 Å². The van der Waals surface area contributed by atoms with Crippen LogP contribution in [0.4, 0.5) is 0 Å². The van der Waals surface area contributed by atoms with Gasteiger partial charge in [-0.15, -0.1) is 0 Å². The summed E-state index contributed by atoms with van der Waals surface area (Å²) in [6.45, 7) is -0.254. The van der Waals surface area contributed by atoms with Gasteiger partial charge in [-0.3, -0.25) is 4.79 Å². The number of carbonyl (C=O) groups is 1. The predicted molar refractivity (Wildman–Crippen MR) is 108 cm³/mol. The van der Waals surface area contributed by atoms with Crippen molar-refractivity contribution < 1.29 is 13.2 Å². The van der Waals surface area contributed by atoms with Crippen molar-refractivity contribution in [2.75, 3.05) is 20.6 Å². The number of amides is 1. The van der Waals surface area contributed by atoms with E-state index in [9.17, 15) is 13.2 Å². The van der Waals surface area contributed by atoms with Crippen LogP contribution in [0.25, 0.3) is 0 Å². The van der Waals surface area contributed by atoms with Crippen LogP contribution in [0.5, 0.6) is 0 Å². The molecule has 0 bridgehead atoms. The monoisotopic (exact) mass is 422 g/mol. The highest BCUT2D eigenvalue weighted by molar-refractivity contribution is 7.89. The Morgan fingerprint density at radius 3 is 2.36 bits per heavy atom. The Kier molecular flexibility index (Phi) is 6.36. The highest BCUT2D eigenvalue weighted by atomic mass is 35.5. The average Bonchev–Trinajstić information content (AvgIpc) is 3.18. The minimum Gasteiger partial charge on any atom is -0.328 e. The van der Waals surface area contributed by atoms with E-state index in [2.05, 4.69) is 10.9 Å². The van der Waals surface area contributed by atoms with Crippen LogP contribution in [0.1, 0.15) is 18.0 Å². The molecule has 1 heterocycles. The van der Waals surface area contributed by atoms with Gasteiger partial charge in [0, 0.05) is 31.6 Å². The van der Waals surface area contributed by atoms with Crippen LogP contribution >= 0.6 is 11.6 Å². The molecule has 1 amide bonds. The van der Waals surface area contributed by atoms with Gasteiger partial charge < -0.3 is 4.90 Å². The van der Waals surface area contributed by atoms with E-state index in [1.54, 1.807) is 7.05 Å². The van der Waals surface area contributed by atoms with Crippen LogP contribution in [0, 0.1) is 0 Å². The molecule has 9 heteroatoms. The molecule has 2 aromatic carbocycles. The maximum absolute atomic E-state index is 12.6. The maximum atomic E-state index is 12.6. The largest absolute Gasteiger partial charge is 0.328 e. The van der Waals surface area contributed by atoms with E-state index >= 15 is 0 Å². The molecule has 2 aromatic rings. The second-order valence-corrected chi connectivity index (χ2v) is 9.20. The van der Waals surface area contributed by atoms with Gasteiger partial charge in [0.25, 0.3) is 0 Å². The van der Waals surface area contributed by atoms with Crippen molar-refractivity contribution in [3.05, 3.63) is 65.2 Å². The van der Waals surface area contributed by atoms with Crippen LogP contribution in [0.3, 0.4) is 0 Å². The van der Waals surface area contributed by atoms with Gasteiger partial charge >= 0.3 is 0 Å². The van der Waals surface area contributed by atoms with E-state index in [-0.39, 0.29) is 29.6 Å². The maximum Gasteiger partial charge on any atom is 0.243 e. The number of hydrazine groups is 1. The molecule has 0 radical (unpaired) electrons. The van der Waals surface area contributed by atoms with Gasteiger partial charge in [0.05, 0.1) is 17.6 Å². The molecule has 150 valence electrons. The van der Waals surface area contributed by atoms with Gasteiger partial charge in [-0.25, -0.2) is 19.3 Å². The van der Waals surface area contributed by atoms with Crippen LogP contribution in [0.2, 0.25) is 5.02 Å². The van der Waals surface area contributed by atoms with Gasteiger partial charge in [0.1, 0.15) is 0 Å². The molecule has 0 aliphatic carbocycles. The van der Waals surface area contributed by atoms with Crippen LogP contribution in [0.15, 0.2) is 59.5 Å². The number of halogens is 1. The fourth-order valence-electron chi connectivity index (χ4n) is 3.04. The Labute approximate surface area is 170 Å². The zero-order valence-electron chi connectivity index (χ0n) is 15.7. The lowest BCUT2D eigenvalue weighted by Crippen LogP contribution is -2.49. The Morgan fingerprint density at radius 2 is 1.71 bits per heavy atom. The van der Waals surface area contributed by atoms with E-state index in [0.29, 0.717) is 11.4 Å². The smallest absolute Gasteiger partial charge is 0.243 e. The van der Waals surface area contributed by atoms with Gasteiger partial charge in [0.15, 0.2) is 0 Å². The molecule has 2 unspecified atom stereocenters. The molecule has 3 rings (SSSR count). The summed E-state index contributed by atoms with van der Waals surface area (Å²) < 4.78 is 26.3. The Balaban J connectivity index is 1.61. The quantitative estimate of drug-likeness (QED) is 0.744. The number of benzene rings is 2. The third-order valence-electron chi connectivity index (χ3n) is 4.83. The van der Waals surface area contributed by atoms with E-state index in [4.69, 9.17) is 11.6 Å². The number of likely N-dealkylation sites (N-methyl/N-ethyl adjacent to an activating group) is 2. The second kappa shape index (κ2) is 8.59. The van der Waals surface area contributed by atoms with Crippen LogP contribution in [-0.2, 0) is 14.8 Å². The fourth-order valence-corrected chi connectivity index (χ4v) is 4.29. The molecule has 2 N–H and O–H groups in total. The molecule has 7 nitrogen and oxygen atoms in total. The molecule has 1 saturated heterocycles. The first kappa shape index (κ1) is 20.8. The van der Waals surface area contributed by atoms with Crippen molar-refractivity contribution in [3.63, 3.8) is 0 Å². The summed E-state index contributed by atoms with van der Waals surface area (Å²) in [5.41, 5.74) is 7.42. The van der Waals surface area contributed by atoms with Gasteiger partial charge in [-0.2, -0.15) is 4.31 Å². The summed E-state index contributed by atoms with van der Waals surface area (Å²) >= 11 is 5.81. The fraction of sp³-hybridized carbons (Fsp3) is 0.316. The van der Waals surface area contributed by atoms with Gasteiger partial charge in [-0.1, -0.05) is 41.9 Å². The van der Waals surface area contributed by atoms with Crippen LogP contribution in [-0.4, -0.2) is 50.3 Å². The standard InChI is InChI=1S/C19H23ClN4O3S/c1-23(28(26,27)16-10-8-15(20)9-11-16)13-19(25)24(2)18-12-17(21-22-18)14-6-4-3-5-7-14/h3-11,17-18,21-22H,12-13H2,1-2H3. The second-order valence-electron chi connectivity index (χ2n) is 6.72. The van der Waals surface area contributed by atoms with Crippen LogP contribution < -0.4 is 10.9 Å². The number of nitrogens with one attached hydrogen (secondary N) is 2. The number of hydrogen-bond donors (Lipinski definition) is 2. The van der Waals surface area contributed by atoms with Crippen molar-refractivity contribution in [1.82, 2.24) is 20.1 Å². The molecule has 1 fully saturated rings. The lowest BCUT2D eigenvalue weighted by molar-refractivity contribution is -0.132. The highest BCUT2D eigenvalue weighted by Crippen LogP contribution is 2.23. The number of carbonyl (C=O) groups excluding carboxylic acids is 1. The molecule has 0 saturated carbocycles. The third-order valence-corrected chi connectivity index (χ3v) is 6.90. The average molecular weight is 423 g/mol. The van der Waals surface area contributed by atoms with Gasteiger partial charge in [0.2, 0.25) is 15.9 Å². The Hall–Kier alpha value is -1.97. The summed E-state index contributed by atoms with van der Waals surface area (Å²) in [5.74, 6) is -0.298. The summed E-state index contributed by atoms with van der Waals surface area (Å²) in [4.78, 5) is 14.3. The van der Waals surface area contributed by atoms with Crippen molar-refractivity contribution >= 4 is 27.5 Å². The van der Waals surface area contributed by atoms with E-state index in [1.807, 2.05) is 30.3 Å². The Bertz CT molecular complexity index is 922. The zero-order chi connectivity index (χ0) is 20.3. The first-order valence-electron chi connectivity index (χ1n) is 8.82. The molecule has 2 atom stereocenters. The summed E-state index contributed by atoms with van der Waals surface area (Å²) in [6.07, 6.45) is 0.448. The number of nitrogens with zero attached hydrogens (tertiary/aromatic N) is 2. The molecule has 0 aromatic heterocycles. The molecule has 1 aliphatic rings. The molecule has 0 spiro atoms. The normalized spacial score (nSPS) is 19.7. The number of hydrogen-bond acceptors (Lipinski definition) is 5. The lowest BCUT2D eigenvalue weighted by atomic mass is 10.0. The van der Waals surface area contributed by atoms with E-state index in [0.717, 1.165) is 9.87 Å². The topological polar surface area (TPSA) is 81.8 Å². The highest BCUT2D eigenvalue weighted by Gasteiger charge is 2.31. The molecule has 1 aliphatic heterocycles. The van der Waals surface area contributed by atoms with Crippen molar-refractivity contribution in [2.24, 2.45) is 0 Å². The minimum atomic E-state index is -3.77. The first-order valence-corrected chi connectivity index (χ1v) is 10.6. The molecular weight excluding hydrogens is 400 g/mol. The minimum absolute atomic E-state index is 0.0805. The van der Waals surface area contributed by atoms with E-state index in [1.165, 1.54) is 36.2 Å². The summed E-state index contributed by atoms with van der Waals surface area (Å²) in [6, 6.07) is 15.9. The number of sulfonamides is 1.